The van der Waals surface area contributed by atoms with Crippen LogP contribution in [0.15, 0.2) is 67.0 Å². The van der Waals surface area contributed by atoms with Crippen LogP contribution in [0.25, 0.3) is 0 Å². The molecule has 1 amide bonds. The molecule has 2 aromatic carbocycles. The van der Waals surface area contributed by atoms with Crippen molar-refractivity contribution in [2.75, 3.05) is 24.9 Å². The fourth-order valence-electron chi connectivity index (χ4n) is 2.55. The van der Waals surface area contributed by atoms with E-state index in [-0.39, 0.29) is 5.91 Å². The highest BCUT2D eigenvalue weighted by molar-refractivity contribution is 6.05. The van der Waals surface area contributed by atoms with Crippen molar-refractivity contribution in [3.05, 3.63) is 78.1 Å². The van der Waals surface area contributed by atoms with Gasteiger partial charge in [-0.05, 0) is 35.9 Å². The maximum absolute atomic E-state index is 12.5. The zero-order valence-electron chi connectivity index (χ0n) is 15.2. The Hall–Kier alpha value is -3.54. The van der Waals surface area contributed by atoms with Gasteiger partial charge in [-0.25, -0.2) is 0 Å². The van der Waals surface area contributed by atoms with Gasteiger partial charge in [0.05, 0.1) is 31.2 Å². The highest BCUT2D eigenvalue weighted by atomic mass is 16.5. The number of anilines is 2. The standard InChI is InChI=1S/C21H21N3O3/c1-26-18-9-7-15(8-10-18)12-23-17-11-16(13-22-14-17)21(25)24-19-5-3-4-6-20(19)27-2/h3-11,13-14,23H,12H2,1-2H3,(H,24,25). The molecule has 0 aliphatic rings. The summed E-state index contributed by atoms with van der Waals surface area (Å²) in [5, 5.41) is 6.12. The lowest BCUT2D eigenvalue weighted by molar-refractivity contribution is 0.102. The number of hydrogen-bond donors (Lipinski definition) is 2. The number of para-hydroxylation sites is 2. The maximum atomic E-state index is 12.5. The summed E-state index contributed by atoms with van der Waals surface area (Å²) < 4.78 is 10.4. The average molecular weight is 363 g/mol. The molecule has 3 aromatic rings. The molecule has 0 aliphatic heterocycles. The van der Waals surface area contributed by atoms with Gasteiger partial charge in [0.2, 0.25) is 0 Å². The Bertz CT molecular complexity index is 911. The summed E-state index contributed by atoms with van der Waals surface area (Å²) >= 11 is 0. The molecule has 0 atom stereocenters. The van der Waals surface area contributed by atoms with E-state index in [1.165, 1.54) is 6.20 Å². The van der Waals surface area contributed by atoms with Crippen LogP contribution in [0, 0.1) is 0 Å². The molecule has 0 aliphatic carbocycles. The minimum atomic E-state index is -0.250. The van der Waals surface area contributed by atoms with E-state index in [0.29, 0.717) is 23.5 Å². The number of amides is 1. The highest BCUT2D eigenvalue weighted by Crippen LogP contribution is 2.24. The lowest BCUT2D eigenvalue weighted by Crippen LogP contribution is -2.13. The molecule has 2 N–H and O–H groups in total. The fraction of sp³-hybridized carbons (Fsp3) is 0.143. The number of nitrogens with zero attached hydrogens (tertiary/aromatic N) is 1. The van der Waals surface area contributed by atoms with E-state index in [2.05, 4.69) is 15.6 Å². The first-order chi connectivity index (χ1) is 13.2. The van der Waals surface area contributed by atoms with Crippen LogP contribution in [-0.2, 0) is 6.54 Å². The van der Waals surface area contributed by atoms with Gasteiger partial charge in [-0.15, -0.1) is 0 Å². The summed E-state index contributed by atoms with van der Waals surface area (Å²) in [5.74, 6) is 1.17. The molecule has 6 nitrogen and oxygen atoms in total. The summed E-state index contributed by atoms with van der Waals surface area (Å²) in [5.41, 5.74) is 2.93. The largest absolute Gasteiger partial charge is 0.497 e. The van der Waals surface area contributed by atoms with Crippen LogP contribution in [0.5, 0.6) is 11.5 Å². The first kappa shape index (κ1) is 18.3. The van der Waals surface area contributed by atoms with E-state index in [1.807, 2.05) is 36.4 Å². The van der Waals surface area contributed by atoms with Gasteiger partial charge in [0.25, 0.3) is 5.91 Å². The van der Waals surface area contributed by atoms with Crippen molar-refractivity contribution in [2.24, 2.45) is 0 Å². The third kappa shape index (κ3) is 4.76. The van der Waals surface area contributed by atoms with Crippen molar-refractivity contribution >= 4 is 17.3 Å². The lowest BCUT2D eigenvalue weighted by Gasteiger charge is -2.11. The summed E-state index contributed by atoms with van der Waals surface area (Å²) in [7, 11) is 3.21. The first-order valence-corrected chi connectivity index (χ1v) is 8.46. The number of carbonyl (C=O) groups excluding carboxylic acids is 1. The SMILES string of the molecule is COc1ccc(CNc2cncc(C(=O)Nc3ccccc3OC)c2)cc1. The molecule has 0 unspecified atom stereocenters. The number of methoxy groups -OCH3 is 2. The smallest absolute Gasteiger partial charge is 0.257 e. The minimum absolute atomic E-state index is 0.250. The van der Waals surface area contributed by atoms with Crippen molar-refractivity contribution in [2.45, 2.75) is 6.54 Å². The van der Waals surface area contributed by atoms with Crippen molar-refractivity contribution in [1.82, 2.24) is 4.98 Å². The molecule has 0 saturated heterocycles. The van der Waals surface area contributed by atoms with Crippen molar-refractivity contribution in [3.8, 4) is 11.5 Å². The van der Waals surface area contributed by atoms with Crippen LogP contribution >= 0.6 is 0 Å². The second-order valence-electron chi connectivity index (χ2n) is 5.82. The molecule has 27 heavy (non-hydrogen) atoms. The van der Waals surface area contributed by atoms with E-state index < -0.39 is 0 Å². The average Bonchev–Trinajstić information content (AvgIpc) is 2.73. The maximum Gasteiger partial charge on any atom is 0.257 e. The molecular formula is C21H21N3O3. The zero-order chi connectivity index (χ0) is 19.1. The normalized spacial score (nSPS) is 10.1. The molecular weight excluding hydrogens is 342 g/mol. The number of pyridine rings is 1. The summed E-state index contributed by atoms with van der Waals surface area (Å²) in [6, 6.07) is 16.8. The van der Waals surface area contributed by atoms with Gasteiger partial charge in [-0.2, -0.15) is 0 Å². The first-order valence-electron chi connectivity index (χ1n) is 8.46. The van der Waals surface area contributed by atoms with Crippen LogP contribution in [0.2, 0.25) is 0 Å². The van der Waals surface area contributed by atoms with E-state index in [9.17, 15) is 4.79 Å². The molecule has 0 saturated carbocycles. The fourth-order valence-corrected chi connectivity index (χ4v) is 2.55. The third-order valence-corrected chi connectivity index (χ3v) is 4.01. The van der Waals surface area contributed by atoms with Crippen LogP contribution in [0.4, 0.5) is 11.4 Å². The van der Waals surface area contributed by atoms with Crippen LogP contribution < -0.4 is 20.1 Å². The molecule has 1 aromatic heterocycles. The number of nitrogens with one attached hydrogen (secondary N) is 2. The van der Waals surface area contributed by atoms with Crippen molar-refractivity contribution in [3.63, 3.8) is 0 Å². The molecule has 138 valence electrons. The summed E-state index contributed by atoms with van der Waals surface area (Å²) in [6.07, 6.45) is 3.21. The predicted octanol–water partition coefficient (Wildman–Crippen LogP) is 3.96. The highest BCUT2D eigenvalue weighted by Gasteiger charge is 2.10. The number of rotatable bonds is 7. The Labute approximate surface area is 158 Å². The molecule has 0 spiro atoms. The molecule has 6 heteroatoms. The summed E-state index contributed by atoms with van der Waals surface area (Å²) in [6.45, 7) is 0.614. The van der Waals surface area contributed by atoms with Gasteiger partial charge in [0.15, 0.2) is 0 Å². The predicted molar refractivity (Wildman–Crippen MR) is 106 cm³/mol. The Morgan fingerprint density at radius 3 is 2.52 bits per heavy atom. The molecule has 1 heterocycles. The quantitative estimate of drug-likeness (QED) is 0.665. The Kier molecular flexibility index (Phi) is 5.89. The third-order valence-electron chi connectivity index (χ3n) is 4.01. The number of aromatic nitrogens is 1. The second-order valence-corrected chi connectivity index (χ2v) is 5.82. The number of ether oxygens (including phenoxy) is 2. The number of carbonyl (C=O) groups is 1. The van der Waals surface area contributed by atoms with Gasteiger partial charge in [-0.3, -0.25) is 9.78 Å². The molecule has 0 bridgehead atoms. The lowest BCUT2D eigenvalue weighted by atomic mass is 10.2. The van der Waals surface area contributed by atoms with Crippen LogP contribution in [-0.4, -0.2) is 25.1 Å². The second kappa shape index (κ2) is 8.71. The summed E-state index contributed by atoms with van der Waals surface area (Å²) in [4.78, 5) is 16.7. The topological polar surface area (TPSA) is 72.5 Å². The van der Waals surface area contributed by atoms with E-state index in [0.717, 1.165) is 17.0 Å². The van der Waals surface area contributed by atoms with Gasteiger partial charge in [0, 0.05) is 18.9 Å². The minimum Gasteiger partial charge on any atom is -0.497 e. The number of benzene rings is 2. The van der Waals surface area contributed by atoms with E-state index in [1.54, 1.807) is 38.6 Å². The van der Waals surface area contributed by atoms with Crippen LogP contribution in [0.1, 0.15) is 15.9 Å². The number of hydrogen-bond acceptors (Lipinski definition) is 5. The molecule has 3 rings (SSSR count). The van der Waals surface area contributed by atoms with Gasteiger partial charge >= 0.3 is 0 Å². The Morgan fingerprint density at radius 1 is 1.00 bits per heavy atom. The van der Waals surface area contributed by atoms with Gasteiger partial charge < -0.3 is 20.1 Å². The Morgan fingerprint density at radius 2 is 1.78 bits per heavy atom. The van der Waals surface area contributed by atoms with Crippen molar-refractivity contribution in [1.29, 1.82) is 0 Å². The van der Waals surface area contributed by atoms with Crippen molar-refractivity contribution < 1.29 is 14.3 Å². The molecule has 0 fully saturated rings. The van der Waals surface area contributed by atoms with Gasteiger partial charge in [-0.1, -0.05) is 24.3 Å². The Balaban J connectivity index is 1.66. The van der Waals surface area contributed by atoms with Crippen LogP contribution in [0.3, 0.4) is 0 Å². The zero-order valence-corrected chi connectivity index (χ0v) is 15.2. The van der Waals surface area contributed by atoms with E-state index >= 15 is 0 Å². The molecule has 0 radical (unpaired) electrons. The monoisotopic (exact) mass is 363 g/mol. The van der Waals surface area contributed by atoms with Gasteiger partial charge in [0.1, 0.15) is 11.5 Å². The van der Waals surface area contributed by atoms with E-state index in [4.69, 9.17) is 9.47 Å².